The van der Waals surface area contributed by atoms with Crippen molar-refractivity contribution in [2.45, 2.75) is 20.8 Å². The molecule has 15 heavy (non-hydrogen) atoms. The number of rotatable bonds is 2. The van der Waals surface area contributed by atoms with Crippen LogP contribution in [-0.4, -0.2) is 21.1 Å². The van der Waals surface area contributed by atoms with E-state index in [4.69, 9.17) is 0 Å². The Bertz CT molecular complexity index is 513. The molecule has 0 radical (unpaired) electrons. The Morgan fingerprint density at radius 1 is 1.33 bits per heavy atom. The summed E-state index contributed by atoms with van der Waals surface area (Å²) in [6.45, 7) is 5.78. The lowest BCUT2D eigenvalue weighted by Gasteiger charge is -2.02. The van der Waals surface area contributed by atoms with Gasteiger partial charge in [0.2, 0.25) is 5.13 Å². The van der Waals surface area contributed by atoms with Crippen LogP contribution in [0.1, 0.15) is 26.8 Å². The molecule has 2 heterocycles. The van der Waals surface area contributed by atoms with Crippen LogP contribution in [0.4, 0.5) is 0 Å². The van der Waals surface area contributed by atoms with Crippen LogP contribution in [0.2, 0.25) is 0 Å². The molecule has 0 aliphatic carbocycles. The molecule has 0 unspecified atom stereocenters. The summed E-state index contributed by atoms with van der Waals surface area (Å²) < 4.78 is 1.95. The number of hydrogen-bond acceptors (Lipinski definition) is 4. The van der Waals surface area contributed by atoms with E-state index in [-0.39, 0.29) is 0 Å². The van der Waals surface area contributed by atoms with E-state index < -0.39 is 0 Å². The molecule has 0 saturated heterocycles. The zero-order valence-corrected chi connectivity index (χ0v) is 9.63. The Morgan fingerprint density at radius 3 is 2.53 bits per heavy atom. The monoisotopic (exact) mass is 221 g/mol. The third-order valence-corrected chi connectivity index (χ3v) is 3.13. The first-order chi connectivity index (χ1) is 7.13. The van der Waals surface area contributed by atoms with Gasteiger partial charge < -0.3 is 0 Å². The van der Waals surface area contributed by atoms with E-state index in [9.17, 15) is 4.79 Å². The fourth-order valence-corrected chi connectivity index (χ4v) is 2.38. The van der Waals surface area contributed by atoms with Crippen molar-refractivity contribution in [3.05, 3.63) is 28.0 Å². The summed E-state index contributed by atoms with van der Waals surface area (Å²) in [5, 5.41) is 9.78. The summed E-state index contributed by atoms with van der Waals surface area (Å²) in [6, 6.07) is 1.86. The van der Waals surface area contributed by atoms with Gasteiger partial charge in [-0.25, -0.2) is 0 Å². The quantitative estimate of drug-likeness (QED) is 0.729. The van der Waals surface area contributed by atoms with Gasteiger partial charge in [-0.2, -0.15) is 0 Å². The molecular formula is C10H11N3OS. The maximum atomic E-state index is 10.8. The van der Waals surface area contributed by atoms with Gasteiger partial charge in [-0.1, -0.05) is 11.3 Å². The second-order valence-electron chi connectivity index (χ2n) is 3.38. The van der Waals surface area contributed by atoms with E-state index >= 15 is 0 Å². The third kappa shape index (κ3) is 1.59. The molecule has 5 heteroatoms. The van der Waals surface area contributed by atoms with Crippen molar-refractivity contribution in [3.63, 3.8) is 0 Å². The van der Waals surface area contributed by atoms with Gasteiger partial charge in [-0.05, 0) is 26.8 Å². The van der Waals surface area contributed by atoms with Crippen molar-refractivity contribution < 1.29 is 4.79 Å². The fourth-order valence-electron chi connectivity index (χ4n) is 1.58. The highest BCUT2D eigenvalue weighted by molar-refractivity contribution is 7.13. The van der Waals surface area contributed by atoms with Crippen molar-refractivity contribution >= 4 is 17.6 Å². The van der Waals surface area contributed by atoms with Gasteiger partial charge in [0.15, 0.2) is 6.29 Å². The minimum absolute atomic E-state index is 0.709. The van der Waals surface area contributed by atoms with Gasteiger partial charge >= 0.3 is 0 Å². The van der Waals surface area contributed by atoms with Crippen molar-refractivity contribution in [2.75, 3.05) is 0 Å². The lowest BCUT2D eigenvalue weighted by molar-refractivity contribution is 0.112. The smallest absolute Gasteiger partial charge is 0.216 e. The van der Waals surface area contributed by atoms with E-state index in [2.05, 4.69) is 10.2 Å². The highest BCUT2D eigenvalue weighted by Gasteiger charge is 2.12. The Balaban J connectivity index is 2.62. The summed E-state index contributed by atoms with van der Waals surface area (Å²) in [5.74, 6) is 0. The maximum Gasteiger partial charge on any atom is 0.216 e. The second kappa shape index (κ2) is 3.58. The molecule has 0 aliphatic heterocycles. The number of carbonyl (C=O) groups excluding carboxylic acids is 1. The molecule has 0 spiro atoms. The van der Waals surface area contributed by atoms with Crippen molar-refractivity contribution in [2.24, 2.45) is 0 Å². The van der Waals surface area contributed by atoms with Crippen LogP contribution in [0.3, 0.4) is 0 Å². The first-order valence-electron chi connectivity index (χ1n) is 4.58. The zero-order chi connectivity index (χ0) is 11.0. The Hall–Kier alpha value is -1.49. The fraction of sp³-hybridized carbons (Fsp3) is 0.300. The summed E-state index contributed by atoms with van der Waals surface area (Å²) in [6.07, 6.45) is 0.868. The number of aldehydes is 1. The summed E-state index contributed by atoms with van der Waals surface area (Å²) >= 11 is 1.52. The molecule has 78 valence electrons. The number of aromatic nitrogens is 3. The highest BCUT2D eigenvalue weighted by Crippen LogP contribution is 2.21. The van der Waals surface area contributed by atoms with Gasteiger partial charge in [0, 0.05) is 17.0 Å². The van der Waals surface area contributed by atoms with Crippen molar-refractivity contribution in [1.29, 1.82) is 0 Å². The van der Waals surface area contributed by atoms with E-state index in [0.717, 1.165) is 27.8 Å². The van der Waals surface area contributed by atoms with Gasteiger partial charge in [0.05, 0.1) is 0 Å². The van der Waals surface area contributed by atoms with Crippen LogP contribution in [0, 0.1) is 20.8 Å². The molecule has 0 aromatic carbocycles. The second-order valence-corrected chi connectivity index (χ2v) is 4.54. The summed E-state index contributed by atoms with van der Waals surface area (Å²) in [4.78, 5) is 10.8. The van der Waals surface area contributed by atoms with E-state index in [1.807, 2.05) is 31.4 Å². The van der Waals surface area contributed by atoms with Crippen molar-refractivity contribution in [3.8, 4) is 5.13 Å². The van der Waals surface area contributed by atoms with Gasteiger partial charge in [0.1, 0.15) is 5.01 Å². The normalized spacial score (nSPS) is 10.6. The lowest BCUT2D eigenvalue weighted by atomic mass is 10.3. The van der Waals surface area contributed by atoms with Gasteiger partial charge in [-0.15, -0.1) is 10.2 Å². The Kier molecular flexibility index (Phi) is 2.40. The lowest BCUT2D eigenvalue weighted by Crippen LogP contribution is -1.98. The molecule has 0 N–H and O–H groups in total. The number of aryl methyl sites for hydroxylation is 2. The predicted molar refractivity (Wildman–Crippen MR) is 58.8 cm³/mol. The number of nitrogens with zero attached hydrogens (tertiary/aromatic N) is 3. The van der Waals surface area contributed by atoms with Crippen LogP contribution in [0.15, 0.2) is 6.07 Å². The molecular weight excluding hydrogens is 210 g/mol. The zero-order valence-electron chi connectivity index (χ0n) is 8.81. The highest BCUT2D eigenvalue weighted by atomic mass is 32.1. The van der Waals surface area contributed by atoms with Crippen LogP contribution in [0.5, 0.6) is 0 Å². The number of carbonyl (C=O) groups is 1. The van der Waals surface area contributed by atoms with Crippen molar-refractivity contribution in [1.82, 2.24) is 14.8 Å². The summed E-state index contributed by atoms with van der Waals surface area (Å²) in [5.41, 5.74) is 2.63. The summed E-state index contributed by atoms with van der Waals surface area (Å²) in [7, 11) is 0. The van der Waals surface area contributed by atoms with E-state index in [0.29, 0.717) is 5.56 Å². The average Bonchev–Trinajstić information content (AvgIpc) is 2.71. The molecule has 0 bridgehead atoms. The topological polar surface area (TPSA) is 47.8 Å². The van der Waals surface area contributed by atoms with Gasteiger partial charge in [0.25, 0.3) is 0 Å². The molecule has 4 nitrogen and oxygen atoms in total. The molecule has 2 aromatic heterocycles. The molecule has 0 fully saturated rings. The molecule has 0 amide bonds. The SMILES string of the molecule is Cc1nnc(-n2c(C)cc(C=O)c2C)s1. The average molecular weight is 221 g/mol. The minimum atomic E-state index is 0.709. The van der Waals surface area contributed by atoms with E-state index in [1.54, 1.807) is 0 Å². The third-order valence-electron chi connectivity index (χ3n) is 2.30. The molecule has 0 saturated carbocycles. The number of hydrogen-bond donors (Lipinski definition) is 0. The molecule has 2 rings (SSSR count). The predicted octanol–water partition coefficient (Wildman–Crippen LogP) is 2.07. The molecule has 2 aromatic rings. The standard InChI is InChI=1S/C10H11N3OS/c1-6-4-9(5-14)7(2)13(6)10-12-11-8(3)15-10/h4-5H,1-3H3. The Labute approximate surface area is 91.6 Å². The van der Waals surface area contributed by atoms with Crippen LogP contribution >= 0.6 is 11.3 Å². The minimum Gasteiger partial charge on any atom is -0.298 e. The first kappa shape index (κ1) is 10.0. The largest absolute Gasteiger partial charge is 0.298 e. The van der Waals surface area contributed by atoms with Gasteiger partial charge in [-0.3, -0.25) is 9.36 Å². The molecule has 0 aliphatic rings. The maximum absolute atomic E-state index is 10.8. The van der Waals surface area contributed by atoms with Crippen LogP contribution in [-0.2, 0) is 0 Å². The Morgan fingerprint density at radius 2 is 2.07 bits per heavy atom. The molecule has 0 atom stereocenters. The van der Waals surface area contributed by atoms with E-state index in [1.165, 1.54) is 11.3 Å². The van der Waals surface area contributed by atoms with Crippen LogP contribution in [0.25, 0.3) is 5.13 Å². The van der Waals surface area contributed by atoms with Crippen LogP contribution < -0.4 is 0 Å². The first-order valence-corrected chi connectivity index (χ1v) is 5.39.